The highest BCUT2D eigenvalue weighted by Crippen LogP contribution is 2.24. The summed E-state index contributed by atoms with van der Waals surface area (Å²) >= 11 is 1.69. The van der Waals surface area contributed by atoms with E-state index in [2.05, 4.69) is 19.2 Å². The average Bonchev–Trinajstić information content (AvgIpc) is 2.60. The van der Waals surface area contributed by atoms with Gasteiger partial charge in [-0.05, 0) is 42.0 Å². The maximum absolute atomic E-state index is 12.7. The highest BCUT2D eigenvalue weighted by Gasteiger charge is 2.16. The summed E-state index contributed by atoms with van der Waals surface area (Å²) in [6.07, 6.45) is 0.834. The molecule has 0 radical (unpaired) electrons. The Bertz CT molecular complexity index is 640. The molecule has 2 rings (SSSR count). The van der Waals surface area contributed by atoms with Gasteiger partial charge in [-0.1, -0.05) is 38.1 Å². The van der Waals surface area contributed by atoms with Crippen molar-refractivity contribution in [2.45, 2.75) is 31.2 Å². The van der Waals surface area contributed by atoms with Crippen molar-refractivity contribution in [3.63, 3.8) is 0 Å². The van der Waals surface area contributed by atoms with E-state index >= 15 is 0 Å². The number of carbonyl (C=O) groups excluding carboxylic acids is 1. The summed E-state index contributed by atoms with van der Waals surface area (Å²) in [7, 11) is 1.65. The molecule has 0 aromatic heterocycles. The number of hydrogen-bond acceptors (Lipinski definition) is 3. The zero-order chi connectivity index (χ0) is 16.7. The largest absolute Gasteiger partial charge is 0.497 e. The van der Waals surface area contributed by atoms with Crippen molar-refractivity contribution in [1.82, 2.24) is 5.32 Å². The quantitative estimate of drug-likeness (QED) is 0.749. The predicted octanol–water partition coefficient (Wildman–Crippen LogP) is 4.69. The molecule has 0 spiro atoms. The first-order chi connectivity index (χ1) is 11.2. The molecular formula is C19H23NO2S. The standard InChI is InChI=1S/C19H23NO2S/c1-4-17(14-10-12-15(22-3)13-11-14)20-19(21)16-8-6-7-9-18(16)23-5-2/h6-13,17H,4-5H2,1-3H3,(H,20,21)/t17-/m1/s1. The van der Waals surface area contributed by atoms with Crippen LogP contribution in [0.25, 0.3) is 0 Å². The number of carbonyl (C=O) groups is 1. The van der Waals surface area contributed by atoms with E-state index in [9.17, 15) is 4.79 Å². The zero-order valence-electron chi connectivity index (χ0n) is 13.8. The van der Waals surface area contributed by atoms with Crippen LogP contribution in [0.4, 0.5) is 0 Å². The van der Waals surface area contributed by atoms with Crippen LogP contribution < -0.4 is 10.1 Å². The number of amides is 1. The van der Waals surface area contributed by atoms with Crippen LogP contribution in [0.2, 0.25) is 0 Å². The first kappa shape index (κ1) is 17.4. The Morgan fingerprint density at radius 2 is 1.83 bits per heavy atom. The van der Waals surface area contributed by atoms with Gasteiger partial charge in [0.1, 0.15) is 5.75 Å². The van der Waals surface area contributed by atoms with Gasteiger partial charge in [-0.2, -0.15) is 0 Å². The van der Waals surface area contributed by atoms with Gasteiger partial charge in [-0.25, -0.2) is 0 Å². The van der Waals surface area contributed by atoms with E-state index in [1.807, 2.05) is 48.5 Å². The number of benzene rings is 2. The molecule has 2 aromatic rings. The minimum Gasteiger partial charge on any atom is -0.497 e. The summed E-state index contributed by atoms with van der Waals surface area (Å²) in [6, 6.07) is 15.6. The Labute approximate surface area is 142 Å². The van der Waals surface area contributed by atoms with Gasteiger partial charge < -0.3 is 10.1 Å². The summed E-state index contributed by atoms with van der Waals surface area (Å²) in [5, 5.41) is 3.14. The Balaban J connectivity index is 2.16. The fourth-order valence-corrected chi connectivity index (χ4v) is 3.23. The molecule has 0 aliphatic carbocycles. The molecule has 0 aliphatic rings. The molecule has 23 heavy (non-hydrogen) atoms. The molecule has 0 heterocycles. The van der Waals surface area contributed by atoms with E-state index in [0.29, 0.717) is 0 Å². The molecule has 0 bridgehead atoms. The number of methoxy groups -OCH3 is 1. The third kappa shape index (κ3) is 4.52. The molecule has 0 saturated heterocycles. The third-order valence-electron chi connectivity index (χ3n) is 3.66. The Morgan fingerprint density at radius 3 is 2.43 bits per heavy atom. The maximum atomic E-state index is 12.7. The van der Waals surface area contributed by atoms with Gasteiger partial charge in [0.2, 0.25) is 0 Å². The number of hydrogen-bond donors (Lipinski definition) is 1. The van der Waals surface area contributed by atoms with Crippen LogP contribution in [-0.4, -0.2) is 18.8 Å². The monoisotopic (exact) mass is 329 g/mol. The van der Waals surface area contributed by atoms with Gasteiger partial charge in [0, 0.05) is 4.90 Å². The van der Waals surface area contributed by atoms with Gasteiger partial charge >= 0.3 is 0 Å². The summed E-state index contributed by atoms with van der Waals surface area (Å²) < 4.78 is 5.19. The van der Waals surface area contributed by atoms with Crippen LogP contribution in [0.15, 0.2) is 53.4 Å². The topological polar surface area (TPSA) is 38.3 Å². The molecule has 2 aromatic carbocycles. The minimum absolute atomic E-state index is 0.00640. The molecule has 0 aliphatic heterocycles. The second-order valence-electron chi connectivity index (χ2n) is 5.14. The Hall–Kier alpha value is -1.94. The highest BCUT2D eigenvalue weighted by molar-refractivity contribution is 7.99. The molecule has 0 fully saturated rings. The third-order valence-corrected chi connectivity index (χ3v) is 4.62. The van der Waals surface area contributed by atoms with Crippen molar-refractivity contribution in [3.8, 4) is 5.75 Å². The van der Waals surface area contributed by atoms with Crippen LogP contribution in [0, 0.1) is 0 Å². The molecular weight excluding hydrogens is 306 g/mol. The van der Waals surface area contributed by atoms with E-state index in [1.54, 1.807) is 18.9 Å². The lowest BCUT2D eigenvalue weighted by Crippen LogP contribution is -2.28. The number of ether oxygens (including phenoxy) is 1. The predicted molar refractivity (Wildman–Crippen MR) is 96.3 cm³/mol. The highest BCUT2D eigenvalue weighted by atomic mass is 32.2. The van der Waals surface area contributed by atoms with E-state index in [-0.39, 0.29) is 11.9 Å². The van der Waals surface area contributed by atoms with E-state index < -0.39 is 0 Å². The molecule has 1 atom stereocenters. The molecule has 3 nitrogen and oxygen atoms in total. The SMILES string of the molecule is CCSc1ccccc1C(=O)N[C@H](CC)c1ccc(OC)cc1. The van der Waals surface area contributed by atoms with Crippen molar-refractivity contribution in [3.05, 3.63) is 59.7 Å². The van der Waals surface area contributed by atoms with Crippen molar-refractivity contribution < 1.29 is 9.53 Å². The van der Waals surface area contributed by atoms with Crippen molar-refractivity contribution in [2.24, 2.45) is 0 Å². The summed E-state index contributed by atoms with van der Waals surface area (Å²) in [4.78, 5) is 13.7. The minimum atomic E-state index is -0.0239. The van der Waals surface area contributed by atoms with Gasteiger partial charge in [-0.15, -0.1) is 11.8 Å². The number of rotatable bonds is 7. The lowest BCUT2D eigenvalue weighted by atomic mass is 10.0. The van der Waals surface area contributed by atoms with Gasteiger partial charge in [0.05, 0.1) is 18.7 Å². The average molecular weight is 329 g/mol. The molecule has 4 heteroatoms. The second kappa shape index (κ2) is 8.63. The first-order valence-electron chi connectivity index (χ1n) is 7.86. The summed E-state index contributed by atoms with van der Waals surface area (Å²) in [5.41, 5.74) is 1.83. The molecule has 1 amide bonds. The lowest BCUT2D eigenvalue weighted by Gasteiger charge is -2.19. The fraction of sp³-hybridized carbons (Fsp3) is 0.316. The summed E-state index contributed by atoms with van der Waals surface area (Å²) in [6.45, 7) is 4.16. The number of nitrogens with one attached hydrogen (secondary N) is 1. The van der Waals surface area contributed by atoms with Crippen molar-refractivity contribution in [1.29, 1.82) is 0 Å². The molecule has 0 unspecified atom stereocenters. The summed E-state index contributed by atoms with van der Waals surface area (Å²) in [5.74, 6) is 1.74. The molecule has 0 saturated carbocycles. The van der Waals surface area contributed by atoms with Gasteiger partial charge in [0.15, 0.2) is 0 Å². The van der Waals surface area contributed by atoms with Crippen LogP contribution in [0.1, 0.15) is 42.2 Å². The van der Waals surface area contributed by atoms with E-state index in [1.165, 1.54) is 0 Å². The van der Waals surface area contributed by atoms with Gasteiger partial charge in [-0.3, -0.25) is 4.79 Å². The lowest BCUT2D eigenvalue weighted by molar-refractivity contribution is 0.0932. The van der Waals surface area contributed by atoms with Gasteiger partial charge in [0.25, 0.3) is 5.91 Å². The normalized spacial score (nSPS) is 11.8. The van der Waals surface area contributed by atoms with E-state index in [0.717, 1.165) is 33.9 Å². The van der Waals surface area contributed by atoms with Crippen LogP contribution in [0.3, 0.4) is 0 Å². The fourth-order valence-electron chi connectivity index (χ4n) is 2.43. The first-order valence-corrected chi connectivity index (χ1v) is 8.84. The molecule has 122 valence electrons. The van der Waals surface area contributed by atoms with Crippen molar-refractivity contribution >= 4 is 17.7 Å². The smallest absolute Gasteiger partial charge is 0.252 e. The second-order valence-corrected chi connectivity index (χ2v) is 6.44. The molecule has 1 N–H and O–H groups in total. The Morgan fingerprint density at radius 1 is 1.13 bits per heavy atom. The maximum Gasteiger partial charge on any atom is 0.252 e. The number of thioether (sulfide) groups is 1. The van der Waals surface area contributed by atoms with Crippen molar-refractivity contribution in [2.75, 3.05) is 12.9 Å². The zero-order valence-corrected chi connectivity index (χ0v) is 14.7. The van der Waals surface area contributed by atoms with E-state index in [4.69, 9.17) is 4.74 Å². The van der Waals surface area contributed by atoms with Crippen LogP contribution >= 0.6 is 11.8 Å². The Kier molecular flexibility index (Phi) is 6.53. The van der Waals surface area contributed by atoms with Crippen LogP contribution in [0.5, 0.6) is 5.75 Å². The van der Waals surface area contributed by atoms with Crippen LogP contribution in [-0.2, 0) is 0 Å².